The minimum absolute atomic E-state index is 0.118. The van der Waals surface area contributed by atoms with Crippen molar-refractivity contribution in [1.29, 1.82) is 0 Å². The second kappa shape index (κ2) is 7.42. The lowest BCUT2D eigenvalue weighted by atomic mass is 10.1. The molecule has 0 heterocycles. The minimum Gasteiger partial charge on any atom is -0.349 e. The Bertz CT molecular complexity index is 770. The normalized spacial score (nSPS) is 12.6. The van der Waals surface area contributed by atoms with Gasteiger partial charge < -0.3 is 5.32 Å². The molecular weight excluding hydrogens is 310 g/mol. The molecule has 0 aromatic heterocycles. The van der Waals surface area contributed by atoms with Crippen LogP contribution in [0.4, 0.5) is 0 Å². The molecule has 23 heavy (non-hydrogen) atoms. The fourth-order valence-electron chi connectivity index (χ4n) is 2.37. The topological polar surface area (TPSA) is 63.2 Å². The van der Waals surface area contributed by atoms with E-state index in [1.54, 1.807) is 12.1 Å². The summed E-state index contributed by atoms with van der Waals surface area (Å²) in [4.78, 5) is 12.0. The van der Waals surface area contributed by atoms with Crippen LogP contribution in [0.2, 0.25) is 0 Å². The van der Waals surface area contributed by atoms with Gasteiger partial charge in [-0.15, -0.1) is 0 Å². The number of benzene rings is 2. The quantitative estimate of drug-likeness (QED) is 0.885. The van der Waals surface area contributed by atoms with Crippen LogP contribution in [0, 0.1) is 6.92 Å². The first-order valence-electron chi connectivity index (χ1n) is 7.46. The van der Waals surface area contributed by atoms with Crippen LogP contribution in [0.1, 0.15) is 29.7 Å². The Morgan fingerprint density at radius 1 is 1.04 bits per heavy atom. The number of rotatable bonds is 6. The molecule has 0 aliphatic heterocycles. The average Bonchev–Trinajstić information content (AvgIpc) is 2.49. The van der Waals surface area contributed by atoms with Crippen molar-refractivity contribution < 1.29 is 13.2 Å². The van der Waals surface area contributed by atoms with Crippen molar-refractivity contribution in [2.24, 2.45) is 0 Å². The fraction of sp³-hybridized carbons (Fsp3) is 0.278. The van der Waals surface area contributed by atoms with Gasteiger partial charge in [-0.05, 0) is 30.5 Å². The van der Waals surface area contributed by atoms with Gasteiger partial charge in [-0.2, -0.15) is 0 Å². The zero-order chi connectivity index (χ0) is 16.9. The highest BCUT2D eigenvalue weighted by molar-refractivity contribution is 7.91. The summed E-state index contributed by atoms with van der Waals surface area (Å²) in [6.45, 7) is 3.70. The predicted molar refractivity (Wildman–Crippen MR) is 91.7 cm³/mol. The predicted octanol–water partition coefficient (Wildman–Crippen LogP) is 2.79. The fourth-order valence-corrected chi connectivity index (χ4v) is 3.75. The van der Waals surface area contributed by atoms with Crippen LogP contribution in [0.3, 0.4) is 0 Å². The van der Waals surface area contributed by atoms with Gasteiger partial charge in [-0.25, -0.2) is 8.42 Å². The molecule has 0 aliphatic carbocycles. The van der Waals surface area contributed by atoms with Gasteiger partial charge in [0.25, 0.3) is 0 Å². The zero-order valence-electron chi connectivity index (χ0n) is 13.3. The second-order valence-electron chi connectivity index (χ2n) is 5.66. The maximum Gasteiger partial charge on any atom is 0.235 e. The van der Waals surface area contributed by atoms with Crippen LogP contribution in [-0.2, 0) is 20.4 Å². The van der Waals surface area contributed by atoms with Gasteiger partial charge in [0.15, 0.2) is 9.84 Å². The Morgan fingerprint density at radius 2 is 1.65 bits per heavy atom. The molecule has 0 aliphatic rings. The third kappa shape index (κ3) is 5.21. The summed E-state index contributed by atoms with van der Waals surface area (Å²) < 4.78 is 24.4. The molecule has 2 aromatic carbocycles. The van der Waals surface area contributed by atoms with Crippen LogP contribution in [0.15, 0.2) is 54.6 Å². The van der Waals surface area contributed by atoms with Crippen LogP contribution in [0.5, 0.6) is 0 Å². The van der Waals surface area contributed by atoms with Gasteiger partial charge in [-0.3, -0.25) is 4.79 Å². The number of hydrogen-bond donors (Lipinski definition) is 1. The van der Waals surface area contributed by atoms with Crippen molar-refractivity contribution >= 4 is 15.7 Å². The summed E-state index contributed by atoms with van der Waals surface area (Å²) in [7, 11) is -3.50. The van der Waals surface area contributed by atoms with Crippen LogP contribution < -0.4 is 5.32 Å². The summed E-state index contributed by atoms with van der Waals surface area (Å²) in [5.74, 6) is -1.10. The van der Waals surface area contributed by atoms with E-state index in [9.17, 15) is 13.2 Å². The minimum atomic E-state index is -3.50. The van der Waals surface area contributed by atoms with Crippen LogP contribution >= 0.6 is 0 Å². The van der Waals surface area contributed by atoms with Gasteiger partial charge in [0, 0.05) is 0 Å². The highest BCUT2D eigenvalue weighted by Gasteiger charge is 2.19. The monoisotopic (exact) mass is 331 g/mol. The molecule has 0 saturated carbocycles. The van der Waals surface area contributed by atoms with Crippen molar-refractivity contribution in [2.45, 2.75) is 25.6 Å². The van der Waals surface area contributed by atoms with Crippen LogP contribution in [-0.4, -0.2) is 20.1 Å². The third-order valence-corrected chi connectivity index (χ3v) is 5.12. The van der Waals surface area contributed by atoms with Crippen molar-refractivity contribution in [2.75, 3.05) is 5.75 Å². The van der Waals surface area contributed by atoms with Gasteiger partial charge in [0.05, 0.1) is 11.8 Å². The van der Waals surface area contributed by atoms with E-state index < -0.39 is 21.5 Å². The maximum atomic E-state index is 12.2. The molecule has 0 radical (unpaired) electrons. The van der Waals surface area contributed by atoms with E-state index in [0.717, 1.165) is 16.7 Å². The molecule has 1 amide bonds. The number of carbonyl (C=O) groups excluding carboxylic acids is 1. The largest absolute Gasteiger partial charge is 0.349 e. The van der Waals surface area contributed by atoms with Gasteiger partial charge in [0.1, 0.15) is 5.75 Å². The van der Waals surface area contributed by atoms with E-state index in [1.807, 2.05) is 56.3 Å². The molecule has 0 saturated heterocycles. The van der Waals surface area contributed by atoms with E-state index in [2.05, 4.69) is 5.32 Å². The average molecular weight is 331 g/mol. The molecule has 2 rings (SSSR count). The van der Waals surface area contributed by atoms with E-state index >= 15 is 0 Å². The molecule has 5 heteroatoms. The maximum absolute atomic E-state index is 12.2. The molecule has 0 spiro atoms. The van der Waals surface area contributed by atoms with E-state index in [1.165, 1.54) is 0 Å². The smallest absolute Gasteiger partial charge is 0.235 e. The standard InChI is InChI=1S/C18H21NO3S/c1-14-8-6-7-11-17(14)12-23(21,22)13-18(20)19-15(2)16-9-4-3-5-10-16/h3-11,15H,12-13H2,1-2H3,(H,19,20). The van der Waals surface area contributed by atoms with E-state index in [-0.39, 0.29) is 11.8 Å². The first kappa shape index (κ1) is 17.2. The summed E-state index contributed by atoms with van der Waals surface area (Å²) >= 11 is 0. The van der Waals surface area contributed by atoms with E-state index in [4.69, 9.17) is 0 Å². The lowest BCUT2D eigenvalue weighted by Gasteiger charge is -2.14. The Kier molecular flexibility index (Phi) is 5.55. The summed E-state index contributed by atoms with van der Waals surface area (Å²) in [6.07, 6.45) is 0. The molecule has 122 valence electrons. The van der Waals surface area contributed by atoms with Crippen molar-refractivity contribution in [3.05, 3.63) is 71.3 Å². The molecular formula is C18H21NO3S. The summed E-state index contributed by atoms with van der Waals surface area (Å²) in [6, 6.07) is 16.5. The number of nitrogens with one attached hydrogen (secondary N) is 1. The first-order valence-corrected chi connectivity index (χ1v) is 9.29. The number of amides is 1. The van der Waals surface area contributed by atoms with Gasteiger partial charge in [-0.1, -0.05) is 54.6 Å². The molecule has 1 N–H and O–H groups in total. The lowest BCUT2D eigenvalue weighted by Crippen LogP contribution is -2.32. The van der Waals surface area contributed by atoms with E-state index in [0.29, 0.717) is 0 Å². The molecule has 1 unspecified atom stereocenters. The second-order valence-corrected chi connectivity index (χ2v) is 7.72. The Labute approximate surface area is 137 Å². The molecule has 0 bridgehead atoms. The van der Waals surface area contributed by atoms with Crippen molar-refractivity contribution in [3.63, 3.8) is 0 Å². The molecule has 2 aromatic rings. The zero-order valence-corrected chi connectivity index (χ0v) is 14.1. The Balaban J connectivity index is 1.97. The summed E-state index contributed by atoms with van der Waals surface area (Å²) in [5, 5.41) is 2.73. The number of hydrogen-bond acceptors (Lipinski definition) is 3. The van der Waals surface area contributed by atoms with Crippen molar-refractivity contribution in [3.8, 4) is 0 Å². The first-order chi connectivity index (χ1) is 10.9. The molecule has 1 atom stereocenters. The molecule has 0 fully saturated rings. The van der Waals surface area contributed by atoms with Crippen molar-refractivity contribution in [1.82, 2.24) is 5.32 Å². The van der Waals surface area contributed by atoms with Crippen LogP contribution in [0.25, 0.3) is 0 Å². The highest BCUT2D eigenvalue weighted by atomic mass is 32.2. The number of aryl methyl sites for hydroxylation is 1. The highest BCUT2D eigenvalue weighted by Crippen LogP contribution is 2.13. The Morgan fingerprint density at radius 3 is 2.30 bits per heavy atom. The summed E-state index contributed by atoms with van der Waals surface area (Å²) in [5.41, 5.74) is 2.59. The lowest BCUT2D eigenvalue weighted by molar-refractivity contribution is -0.119. The number of sulfone groups is 1. The van der Waals surface area contributed by atoms with Gasteiger partial charge in [0.2, 0.25) is 5.91 Å². The third-order valence-electron chi connectivity index (χ3n) is 3.66. The van der Waals surface area contributed by atoms with Gasteiger partial charge >= 0.3 is 0 Å². The number of carbonyl (C=O) groups is 1. The molecule has 4 nitrogen and oxygen atoms in total. The SMILES string of the molecule is Cc1ccccc1CS(=O)(=O)CC(=O)NC(C)c1ccccc1. The Hall–Kier alpha value is -2.14.